The summed E-state index contributed by atoms with van der Waals surface area (Å²) >= 11 is 0. The molecule has 1 amide bonds. The topological polar surface area (TPSA) is 68.0 Å². The number of anilines is 1. The van der Waals surface area contributed by atoms with Crippen molar-refractivity contribution in [3.8, 4) is 0 Å². The molecule has 0 saturated carbocycles. The molecular weight excluding hydrogens is 238 g/mol. The molecule has 0 radical (unpaired) electrons. The van der Waals surface area contributed by atoms with Crippen molar-refractivity contribution in [1.29, 1.82) is 0 Å². The van der Waals surface area contributed by atoms with Gasteiger partial charge in [-0.05, 0) is 29.7 Å². The molecule has 1 aromatic carbocycles. The fourth-order valence-electron chi connectivity index (χ4n) is 1.82. The second kappa shape index (κ2) is 4.97. The molecule has 0 saturated heterocycles. The van der Waals surface area contributed by atoms with Gasteiger partial charge < -0.3 is 11.1 Å². The number of hydrogen-bond donors (Lipinski definition) is 2. The monoisotopic (exact) mass is 257 g/mol. The Kier molecular flexibility index (Phi) is 3.53. The second-order valence-corrected chi connectivity index (χ2v) is 5.71. The predicted octanol–water partition coefficient (Wildman–Crippen LogP) is 2.55. The first-order valence-electron chi connectivity index (χ1n) is 6.30. The molecule has 0 aliphatic heterocycles. The van der Waals surface area contributed by atoms with Crippen LogP contribution in [-0.2, 0) is 4.79 Å². The van der Waals surface area contributed by atoms with E-state index in [0.717, 1.165) is 16.6 Å². The van der Waals surface area contributed by atoms with Crippen molar-refractivity contribution < 1.29 is 4.79 Å². The van der Waals surface area contributed by atoms with E-state index in [1.807, 2.05) is 51.1 Å². The number of nitrogens with one attached hydrogen (secondary N) is 1. The summed E-state index contributed by atoms with van der Waals surface area (Å²) in [5.41, 5.74) is 7.28. The molecule has 2 aromatic rings. The molecule has 1 unspecified atom stereocenters. The largest absolute Gasteiger partial charge is 0.324 e. The minimum absolute atomic E-state index is 0.177. The van der Waals surface area contributed by atoms with Crippen molar-refractivity contribution in [3.63, 3.8) is 0 Å². The first-order chi connectivity index (χ1) is 8.89. The minimum Gasteiger partial charge on any atom is -0.324 e. The highest BCUT2D eigenvalue weighted by atomic mass is 16.2. The molecule has 4 heteroatoms. The van der Waals surface area contributed by atoms with Crippen molar-refractivity contribution in [2.75, 3.05) is 5.32 Å². The third-order valence-corrected chi connectivity index (χ3v) is 3.12. The number of carbonyl (C=O) groups excluding carboxylic acids is 1. The summed E-state index contributed by atoms with van der Waals surface area (Å²) < 4.78 is 0. The van der Waals surface area contributed by atoms with Crippen LogP contribution in [0.5, 0.6) is 0 Å². The average Bonchev–Trinajstić information content (AvgIpc) is 2.37. The summed E-state index contributed by atoms with van der Waals surface area (Å²) in [4.78, 5) is 16.4. The van der Waals surface area contributed by atoms with Crippen LogP contribution in [0.15, 0.2) is 36.5 Å². The van der Waals surface area contributed by atoms with Gasteiger partial charge in [-0.15, -0.1) is 0 Å². The Balaban J connectivity index is 2.29. The average molecular weight is 257 g/mol. The molecule has 4 nitrogen and oxygen atoms in total. The van der Waals surface area contributed by atoms with Gasteiger partial charge in [0, 0.05) is 11.6 Å². The lowest BCUT2D eigenvalue weighted by Crippen LogP contribution is -2.45. The highest BCUT2D eigenvalue weighted by Gasteiger charge is 2.27. The molecule has 0 fully saturated rings. The van der Waals surface area contributed by atoms with Gasteiger partial charge in [0.2, 0.25) is 5.91 Å². The number of benzene rings is 1. The van der Waals surface area contributed by atoms with E-state index in [1.54, 1.807) is 6.20 Å². The second-order valence-electron chi connectivity index (χ2n) is 5.71. The third-order valence-electron chi connectivity index (χ3n) is 3.12. The maximum Gasteiger partial charge on any atom is 0.241 e. The van der Waals surface area contributed by atoms with Crippen LogP contribution in [0.2, 0.25) is 0 Å². The number of pyridine rings is 1. The Bertz CT molecular complexity index is 596. The van der Waals surface area contributed by atoms with Crippen LogP contribution in [0.25, 0.3) is 10.9 Å². The van der Waals surface area contributed by atoms with Crippen molar-refractivity contribution in [2.24, 2.45) is 11.1 Å². The van der Waals surface area contributed by atoms with E-state index in [1.165, 1.54) is 0 Å². The van der Waals surface area contributed by atoms with E-state index in [4.69, 9.17) is 5.73 Å². The summed E-state index contributed by atoms with van der Waals surface area (Å²) in [6.07, 6.45) is 1.73. The molecule has 3 N–H and O–H groups in total. The van der Waals surface area contributed by atoms with Gasteiger partial charge in [-0.25, -0.2) is 0 Å². The fourth-order valence-corrected chi connectivity index (χ4v) is 1.82. The molecule has 19 heavy (non-hydrogen) atoms. The van der Waals surface area contributed by atoms with Gasteiger partial charge in [0.05, 0.1) is 17.2 Å². The molecule has 2 rings (SSSR count). The van der Waals surface area contributed by atoms with Crippen molar-refractivity contribution in [2.45, 2.75) is 26.8 Å². The SMILES string of the molecule is CC(C)(C)C(N)C(=O)Nc1cccc2ncccc12. The number of rotatable bonds is 2. The maximum absolute atomic E-state index is 12.1. The van der Waals surface area contributed by atoms with Gasteiger partial charge in [-0.3, -0.25) is 9.78 Å². The standard InChI is InChI=1S/C15H19N3O/c1-15(2,3)13(16)14(19)18-12-8-4-7-11-10(12)6-5-9-17-11/h4-9,13H,16H2,1-3H3,(H,18,19). The summed E-state index contributed by atoms with van der Waals surface area (Å²) in [6.45, 7) is 5.84. The van der Waals surface area contributed by atoms with Gasteiger partial charge in [-0.2, -0.15) is 0 Å². The zero-order chi connectivity index (χ0) is 14.0. The van der Waals surface area contributed by atoms with Crippen molar-refractivity contribution in [1.82, 2.24) is 4.98 Å². The fraction of sp³-hybridized carbons (Fsp3) is 0.333. The number of hydrogen-bond acceptors (Lipinski definition) is 3. The molecule has 0 aliphatic rings. The first-order valence-corrected chi connectivity index (χ1v) is 6.30. The lowest BCUT2D eigenvalue weighted by Gasteiger charge is -2.26. The first kappa shape index (κ1) is 13.5. The van der Waals surface area contributed by atoms with Gasteiger partial charge in [-0.1, -0.05) is 26.8 Å². The Morgan fingerprint density at radius 2 is 2.00 bits per heavy atom. The van der Waals surface area contributed by atoms with Crippen LogP contribution >= 0.6 is 0 Å². The predicted molar refractivity (Wildman–Crippen MR) is 77.8 cm³/mol. The Hall–Kier alpha value is -1.94. The van der Waals surface area contributed by atoms with Crippen molar-refractivity contribution >= 4 is 22.5 Å². The number of fused-ring (bicyclic) bond motifs is 1. The van der Waals surface area contributed by atoms with Crippen LogP contribution in [0.4, 0.5) is 5.69 Å². The number of nitrogens with two attached hydrogens (primary N) is 1. The summed E-state index contributed by atoms with van der Waals surface area (Å²) in [5.74, 6) is -0.177. The summed E-state index contributed by atoms with van der Waals surface area (Å²) in [6, 6.07) is 8.86. The molecule has 0 aliphatic carbocycles. The molecule has 0 bridgehead atoms. The van der Waals surface area contributed by atoms with Crippen LogP contribution in [0.3, 0.4) is 0 Å². The summed E-state index contributed by atoms with van der Waals surface area (Å²) in [7, 11) is 0. The van der Waals surface area contributed by atoms with E-state index in [2.05, 4.69) is 10.3 Å². The highest BCUT2D eigenvalue weighted by Crippen LogP contribution is 2.23. The van der Waals surface area contributed by atoms with E-state index in [-0.39, 0.29) is 11.3 Å². The molecule has 100 valence electrons. The molecule has 1 heterocycles. The number of aromatic nitrogens is 1. The highest BCUT2D eigenvalue weighted by molar-refractivity contribution is 6.03. The Morgan fingerprint density at radius 3 is 2.68 bits per heavy atom. The van der Waals surface area contributed by atoms with Gasteiger partial charge >= 0.3 is 0 Å². The zero-order valence-electron chi connectivity index (χ0n) is 11.5. The molecule has 1 aromatic heterocycles. The lowest BCUT2D eigenvalue weighted by molar-refractivity contribution is -0.119. The summed E-state index contributed by atoms with van der Waals surface area (Å²) in [5, 5.41) is 3.80. The van der Waals surface area contributed by atoms with Crippen molar-refractivity contribution in [3.05, 3.63) is 36.5 Å². The lowest BCUT2D eigenvalue weighted by atomic mass is 9.87. The third kappa shape index (κ3) is 2.90. The number of carbonyl (C=O) groups is 1. The minimum atomic E-state index is -0.556. The molecular formula is C15H19N3O. The van der Waals surface area contributed by atoms with Crippen LogP contribution < -0.4 is 11.1 Å². The van der Waals surface area contributed by atoms with E-state index >= 15 is 0 Å². The molecule has 1 atom stereocenters. The van der Waals surface area contributed by atoms with Gasteiger partial charge in [0.15, 0.2) is 0 Å². The Labute approximate surface area is 113 Å². The Morgan fingerprint density at radius 1 is 1.26 bits per heavy atom. The number of amides is 1. The molecule has 0 spiro atoms. The van der Waals surface area contributed by atoms with E-state index in [9.17, 15) is 4.79 Å². The number of nitrogens with zero attached hydrogens (tertiary/aromatic N) is 1. The normalized spacial score (nSPS) is 13.3. The van der Waals surface area contributed by atoms with Crippen LogP contribution in [0, 0.1) is 5.41 Å². The van der Waals surface area contributed by atoms with Crippen LogP contribution in [0.1, 0.15) is 20.8 Å². The van der Waals surface area contributed by atoms with Gasteiger partial charge in [0.1, 0.15) is 0 Å². The maximum atomic E-state index is 12.1. The smallest absolute Gasteiger partial charge is 0.241 e. The van der Waals surface area contributed by atoms with Crippen LogP contribution in [-0.4, -0.2) is 16.9 Å². The van der Waals surface area contributed by atoms with Gasteiger partial charge in [0.25, 0.3) is 0 Å². The van der Waals surface area contributed by atoms with E-state index < -0.39 is 6.04 Å². The van der Waals surface area contributed by atoms with E-state index in [0.29, 0.717) is 0 Å². The quantitative estimate of drug-likeness (QED) is 0.868. The zero-order valence-corrected chi connectivity index (χ0v) is 11.5.